The summed E-state index contributed by atoms with van der Waals surface area (Å²) in [7, 11) is 0. The van der Waals surface area contributed by atoms with Crippen molar-refractivity contribution in [2.45, 2.75) is 66.2 Å². The normalized spacial score (nSPS) is 52.5. The van der Waals surface area contributed by atoms with E-state index in [4.69, 9.17) is 0 Å². The van der Waals surface area contributed by atoms with Crippen LogP contribution in [0.1, 0.15) is 66.2 Å². The summed E-state index contributed by atoms with van der Waals surface area (Å²) < 4.78 is 0. The molecule has 0 bridgehead atoms. The lowest BCUT2D eigenvalue weighted by molar-refractivity contribution is -0.136. The third-order valence-electron chi connectivity index (χ3n) is 8.57. The van der Waals surface area contributed by atoms with E-state index in [1.165, 1.54) is 12.0 Å². The molecular formula is C21H30O2. The van der Waals surface area contributed by atoms with Gasteiger partial charge in [-0.05, 0) is 66.8 Å². The van der Waals surface area contributed by atoms with Gasteiger partial charge in [-0.25, -0.2) is 0 Å². The Hall–Kier alpha value is -0.920. The molecule has 0 amide bonds. The van der Waals surface area contributed by atoms with Crippen LogP contribution in [0.5, 0.6) is 0 Å². The number of carbonyl (C=O) groups is 2. The molecule has 0 spiro atoms. The lowest BCUT2D eigenvalue weighted by Crippen LogP contribution is -2.55. The van der Waals surface area contributed by atoms with E-state index in [2.05, 4.69) is 27.7 Å². The van der Waals surface area contributed by atoms with Crippen LogP contribution in [0, 0.1) is 40.4 Å². The Morgan fingerprint density at radius 2 is 1.78 bits per heavy atom. The van der Waals surface area contributed by atoms with Gasteiger partial charge in [-0.15, -0.1) is 0 Å². The molecule has 2 heteroatoms. The average Bonchev–Trinajstić information content (AvgIpc) is 2.78. The van der Waals surface area contributed by atoms with Crippen molar-refractivity contribution in [1.29, 1.82) is 0 Å². The maximum absolute atomic E-state index is 12.5. The lowest BCUT2D eigenvalue weighted by Gasteiger charge is -2.60. The molecule has 0 aromatic rings. The first-order chi connectivity index (χ1) is 10.8. The molecule has 4 aliphatic carbocycles. The minimum Gasteiger partial charge on any atom is -0.299 e. The van der Waals surface area contributed by atoms with Gasteiger partial charge in [0.1, 0.15) is 5.78 Å². The maximum Gasteiger partial charge on any atom is 0.155 e. The van der Waals surface area contributed by atoms with Crippen LogP contribution in [0.15, 0.2) is 11.6 Å². The predicted molar refractivity (Wildman–Crippen MR) is 90.8 cm³/mol. The number of fused-ring (bicyclic) bond motifs is 5. The summed E-state index contributed by atoms with van der Waals surface area (Å²) >= 11 is 0. The summed E-state index contributed by atoms with van der Waals surface area (Å²) in [6, 6.07) is 0. The second-order valence-corrected chi connectivity index (χ2v) is 9.41. The van der Waals surface area contributed by atoms with Crippen LogP contribution in [0.2, 0.25) is 0 Å². The van der Waals surface area contributed by atoms with Crippen molar-refractivity contribution in [2.24, 2.45) is 40.4 Å². The van der Waals surface area contributed by atoms with Crippen LogP contribution in [-0.2, 0) is 9.59 Å². The summed E-state index contributed by atoms with van der Waals surface area (Å²) in [5, 5.41) is 0. The number of ketones is 2. The molecule has 0 N–H and O–H groups in total. The fraction of sp³-hybridized carbons (Fsp3) is 0.810. The van der Waals surface area contributed by atoms with E-state index in [0.29, 0.717) is 47.6 Å². The second kappa shape index (κ2) is 4.80. The molecule has 2 nitrogen and oxygen atoms in total. The number of hydrogen-bond acceptors (Lipinski definition) is 2. The molecular weight excluding hydrogens is 284 g/mol. The number of Topliss-reactive ketones (excluding diaryl/α,β-unsaturated/α-hetero) is 1. The highest BCUT2D eigenvalue weighted by Crippen LogP contribution is 2.66. The standard InChI is InChI=1S/C21H30O2/c1-12-9-14-11-15(22)10-13(2)21(14,4)17-7-8-20(3)16(19(12)17)5-6-18(20)23/h11-13,16-17,19H,5-10H2,1-4H3/t12-,13-,16+,17+,19+,20+,21+/m1/s1. The minimum absolute atomic E-state index is 0.0548. The van der Waals surface area contributed by atoms with Gasteiger partial charge >= 0.3 is 0 Å². The molecule has 3 saturated carbocycles. The van der Waals surface area contributed by atoms with Gasteiger partial charge in [-0.1, -0.05) is 33.3 Å². The monoisotopic (exact) mass is 314 g/mol. The van der Waals surface area contributed by atoms with Crippen molar-refractivity contribution >= 4 is 11.6 Å². The van der Waals surface area contributed by atoms with E-state index in [0.717, 1.165) is 25.7 Å². The van der Waals surface area contributed by atoms with Gasteiger partial charge in [0.2, 0.25) is 0 Å². The van der Waals surface area contributed by atoms with Gasteiger partial charge in [0.15, 0.2) is 5.78 Å². The summed E-state index contributed by atoms with van der Waals surface area (Å²) in [5.74, 6) is 3.79. The Bertz CT molecular complexity index is 603. The Balaban J connectivity index is 1.78. The van der Waals surface area contributed by atoms with E-state index >= 15 is 0 Å². The molecule has 0 aromatic carbocycles. The first-order valence-corrected chi connectivity index (χ1v) is 9.55. The fourth-order valence-corrected chi connectivity index (χ4v) is 7.06. The third kappa shape index (κ3) is 1.87. The summed E-state index contributed by atoms with van der Waals surface area (Å²) in [6.45, 7) is 9.33. The zero-order chi connectivity index (χ0) is 16.6. The molecule has 4 rings (SSSR count). The SMILES string of the molecule is C[C@@H]1CC2=CC(=O)C[C@@H](C)[C@]2(C)[C@H]2CC[C@]3(C)C(=O)CC[C@H]3[C@H]12. The molecule has 0 aliphatic heterocycles. The zero-order valence-electron chi connectivity index (χ0n) is 15.0. The van der Waals surface area contributed by atoms with Gasteiger partial charge in [-0.2, -0.15) is 0 Å². The van der Waals surface area contributed by atoms with E-state index in [1.807, 2.05) is 6.08 Å². The molecule has 0 radical (unpaired) electrons. The summed E-state index contributed by atoms with van der Waals surface area (Å²) in [4.78, 5) is 24.6. The number of carbonyl (C=O) groups excluding carboxylic acids is 2. The van der Waals surface area contributed by atoms with Crippen molar-refractivity contribution in [3.05, 3.63) is 11.6 Å². The highest BCUT2D eigenvalue weighted by molar-refractivity contribution is 5.92. The van der Waals surface area contributed by atoms with E-state index in [9.17, 15) is 9.59 Å². The first kappa shape index (κ1) is 15.6. The van der Waals surface area contributed by atoms with Crippen LogP contribution >= 0.6 is 0 Å². The smallest absolute Gasteiger partial charge is 0.155 e. The molecule has 4 aliphatic rings. The van der Waals surface area contributed by atoms with Crippen molar-refractivity contribution in [3.8, 4) is 0 Å². The molecule has 23 heavy (non-hydrogen) atoms. The van der Waals surface area contributed by atoms with Crippen molar-refractivity contribution in [3.63, 3.8) is 0 Å². The van der Waals surface area contributed by atoms with E-state index in [-0.39, 0.29) is 10.8 Å². The quantitative estimate of drug-likeness (QED) is 0.656. The van der Waals surface area contributed by atoms with Crippen molar-refractivity contribution in [1.82, 2.24) is 0 Å². The van der Waals surface area contributed by atoms with Crippen LogP contribution in [0.4, 0.5) is 0 Å². The molecule has 7 atom stereocenters. The Labute approximate surface area is 140 Å². The number of hydrogen-bond donors (Lipinski definition) is 0. The third-order valence-corrected chi connectivity index (χ3v) is 8.57. The molecule has 0 heterocycles. The van der Waals surface area contributed by atoms with Gasteiger partial charge < -0.3 is 0 Å². The lowest BCUT2D eigenvalue weighted by atomic mass is 9.43. The Kier molecular flexibility index (Phi) is 3.26. The van der Waals surface area contributed by atoms with Crippen molar-refractivity contribution < 1.29 is 9.59 Å². The van der Waals surface area contributed by atoms with Crippen LogP contribution < -0.4 is 0 Å². The van der Waals surface area contributed by atoms with Gasteiger partial charge in [0.05, 0.1) is 0 Å². The van der Waals surface area contributed by atoms with Crippen LogP contribution in [0.25, 0.3) is 0 Å². The predicted octanol–water partition coefficient (Wildman–Crippen LogP) is 4.58. The minimum atomic E-state index is -0.0548. The highest BCUT2D eigenvalue weighted by Gasteiger charge is 2.61. The summed E-state index contributed by atoms with van der Waals surface area (Å²) in [6.07, 6.45) is 7.88. The highest BCUT2D eigenvalue weighted by atomic mass is 16.1. The largest absolute Gasteiger partial charge is 0.299 e. The first-order valence-electron chi connectivity index (χ1n) is 9.55. The van der Waals surface area contributed by atoms with E-state index < -0.39 is 0 Å². The Morgan fingerprint density at radius 3 is 2.52 bits per heavy atom. The van der Waals surface area contributed by atoms with Gasteiger partial charge in [0.25, 0.3) is 0 Å². The van der Waals surface area contributed by atoms with Crippen LogP contribution in [0.3, 0.4) is 0 Å². The molecule has 3 fully saturated rings. The molecule has 126 valence electrons. The molecule has 0 saturated heterocycles. The number of allylic oxidation sites excluding steroid dienone is 1. The Morgan fingerprint density at radius 1 is 1.04 bits per heavy atom. The van der Waals surface area contributed by atoms with Gasteiger partial charge in [0, 0.05) is 18.3 Å². The topological polar surface area (TPSA) is 34.1 Å². The molecule has 0 unspecified atom stereocenters. The zero-order valence-corrected chi connectivity index (χ0v) is 15.0. The van der Waals surface area contributed by atoms with Crippen molar-refractivity contribution in [2.75, 3.05) is 0 Å². The van der Waals surface area contributed by atoms with E-state index in [1.54, 1.807) is 0 Å². The maximum atomic E-state index is 12.5. The van der Waals surface area contributed by atoms with Crippen LogP contribution in [-0.4, -0.2) is 11.6 Å². The average molecular weight is 314 g/mol. The van der Waals surface area contributed by atoms with Gasteiger partial charge in [-0.3, -0.25) is 9.59 Å². The summed E-state index contributed by atoms with van der Waals surface area (Å²) in [5.41, 5.74) is 1.54. The fourth-order valence-electron chi connectivity index (χ4n) is 7.06. The molecule has 0 aromatic heterocycles. The second-order valence-electron chi connectivity index (χ2n) is 9.41. The number of rotatable bonds is 0.